The lowest BCUT2D eigenvalue weighted by atomic mass is 9.91. The van der Waals surface area contributed by atoms with E-state index >= 15 is 0 Å². The van der Waals surface area contributed by atoms with Gasteiger partial charge < -0.3 is 5.32 Å². The normalized spacial score (nSPS) is 13.0. The van der Waals surface area contributed by atoms with E-state index < -0.39 is 0 Å². The molecule has 1 nitrogen and oxygen atoms in total. The van der Waals surface area contributed by atoms with Crippen LogP contribution in [-0.4, -0.2) is 6.54 Å². The van der Waals surface area contributed by atoms with Gasteiger partial charge in [0, 0.05) is 15.5 Å². The maximum atomic E-state index is 6.01. The molecule has 1 rings (SSSR count). The summed E-state index contributed by atoms with van der Waals surface area (Å²) in [6.07, 6.45) is 3.66. The quantitative estimate of drug-likeness (QED) is 0.687. The second-order valence-electron chi connectivity index (χ2n) is 4.69. The molecule has 0 aromatic heterocycles. The van der Waals surface area contributed by atoms with Gasteiger partial charge in [-0.05, 0) is 36.6 Å². The van der Waals surface area contributed by atoms with E-state index in [1.807, 2.05) is 12.1 Å². The van der Waals surface area contributed by atoms with E-state index in [0.717, 1.165) is 22.0 Å². The van der Waals surface area contributed by atoms with Gasteiger partial charge in [-0.25, -0.2) is 0 Å². The minimum absolute atomic E-state index is 0.409. The van der Waals surface area contributed by atoms with Gasteiger partial charge in [0.25, 0.3) is 0 Å². The lowest BCUT2D eigenvalue weighted by Crippen LogP contribution is -2.23. The summed E-state index contributed by atoms with van der Waals surface area (Å²) in [6.45, 7) is 7.69. The molecule has 1 atom stereocenters. The topological polar surface area (TPSA) is 12.0 Å². The summed E-state index contributed by atoms with van der Waals surface area (Å²) in [7, 11) is 0. The van der Waals surface area contributed by atoms with Gasteiger partial charge >= 0.3 is 0 Å². The molecule has 0 amide bonds. The van der Waals surface area contributed by atoms with E-state index in [4.69, 9.17) is 11.6 Å². The maximum absolute atomic E-state index is 6.01. The van der Waals surface area contributed by atoms with Crippen molar-refractivity contribution in [1.82, 2.24) is 5.32 Å². The molecule has 1 aromatic rings. The zero-order valence-corrected chi connectivity index (χ0v) is 13.8. The second-order valence-corrected chi connectivity index (χ2v) is 5.99. The van der Waals surface area contributed by atoms with Gasteiger partial charge in [0.15, 0.2) is 0 Å². The largest absolute Gasteiger partial charge is 0.310 e. The highest BCUT2D eigenvalue weighted by molar-refractivity contribution is 9.10. The molecule has 102 valence electrons. The number of benzene rings is 1. The fourth-order valence-corrected chi connectivity index (χ4v) is 3.27. The van der Waals surface area contributed by atoms with Crippen molar-refractivity contribution in [2.45, 2.75) is 46.1 Å². The summed E-state index contributed by atoms with van der Waals surface area (Å²) >= 11 is 9.64. The van der Waals surface area contributed by atoms with E-state index in [9.17, 15) is 0 Å². The average molecular weight is 333 g/mol. The zero-order chi connectivity index (χ0) is 13.5. The van der Waals surface area contributed by atoms with Crippen LogP contribution in [0.1, 0.15) is 51.6 Å². The predicted molar refractivity (Wildman–Crippen MR) is 84.3 cm³/mol. The van der Waals surface area contributed by atoms with Crippen LogP contribution in [0.3, 0.4) is 0 Å². The maximum Gasteiger partial charge on any atom is 0.0417 e. The van der Waals surface area contributed by atoms with Gasteiger partial charge in [0.1, 0.15) is 0 Å². The van der Waals surface area contributed by atoms with Crippen LogP contribution < -0.4 is 5.32 Å². The van der Waals surface area contributed by atoms with Crippen molar-refractivity contribution in [3.05, 3.63) is 33.3 Å². The number of hydrogen-bond donors (Lipinski definition) is 1. The third-order valence-corrected chi connectivity index (χ3v) is 4.43. The number of rotatable bonds is 7. The molecular formula is C15H23BrClN. The predicted octanol–water partition coefficient (Wildman–Crippen LogP) is 5.58. The second kappa shape index (κ2) is 8.19. The van der Waals surface area contributed by atoms with Gasteiger partial charge in [-0.3, -0.25) is 0 Å². The molecule has 0 saturated heterocycles. The van der Waals surface area contributed by atoms with Crippen molar-refractivity contribution in [3.63, 3.8) is 0 Å². The highest BCUT2D eigenvalue weighted by atomic mass is 79.9. The molecule has 0 aliphatic rings. The van der Waals surface area contributed by atoms with Gasteiger partial charge in [-0.1, -0.05) is 67.2 Å². The Morgan fingerprint density at radius 3 is 2.39 bits per heavy atom. The van der Waals surface area contributed by atoms with E-state index in [1.165, 1.54) is 24.8 Å². The summed E-state index contributed by atoms with van der Waals surface area (Å²) in [6, 6.07) is 6.49. The van der Waals surface area contributed by atoms with Crippen LogP contribution in [0, 0.1) is 5.92 Å². The van der Waals surface area contributed by atoms with E-state index in [1.54, 1.807) is 0 Å². The van der Waals surface area contributed by atoms with Crippen LogP contribution in [-0.2, 0) is 0 Å². The first-order valence-electron chi connectivity index (χ1n) is 6.80. The molecule has 0 aliphatic carbocycles. The van der Waals surface area contributed by atoms with Gasteiger partial charge in [0.05, 0.1) is 0 Å². The third kappa shape index (κ3) is 4.56. The molecule has 1 unspecified atom stereocenters. The Morgan fingerprint density at radius 1 is 1.22 bits per heavy atom. The first-order chi connectivity index (χ1) is 8.62. The Balaban J connectivity index is 2.89. The third-order valence-electron chi connectivity index (χ3n) is 3.51. The summed E-state index contributed by atoms with van der Waals surface area (Å²) in [4.78, 5) is 0. The van der Waals surface area contributed by atoms with Crippen molar-refractivity contribution in [2.24, 2.45) is 5.92 Å². The molecule has 0 heterocycles. The van der Waals surface area contributed by atoms with Crippen LogP contribution in [0.5, 0.6) is 0 Å². The highest BCUT2D eigenvalue weighted by Crippen LogP contribution is 2.31. The van der Waals surface area contributed by atoms with Crippen molar-refractivity contribution in [1.29, 1.82) is 0 Å². The molecule has 3 heteroatoms. The van der Waals surface area contributed by atoms with Crippen molar-refractivity contribution in [3.8, 4) is 0 Å². The fraction of sp³-hybridized carbons (Fsp3) is 0.600. The van der Waals surface area contributed by atoms with Crippen molar-refractivity contribution < 1.29 is 0 Å². The van der Waals surface area contributed by atoms with E-state index in [-0.39, 0.29) is 0 Å². The zero-order valence-electron chi connectivity index (χ0n) is 11.5. The standard InChI is InChI=1S/C15H23BrClN/c1-4-11(5-2)9-15(18-6-3)13-8-7-12(17)10-14(13)16/h7-8,10-11,15,18H,4-6,9H2,1-3H3. The summed E-state index contributed by atoms with van der Waals surface area (Å²) in [5, 5.41) is 4.37. The van der Waals surface area contributed by atoms with Crippen LogP contribution >= 0.6 is 27.5 Å². The Hall–Kier alpha value is -0.0500. The van der Waals surface area contributed by atoms with Gasteiger partial charge in [-0.2, -0.15) is 0 Å². The Kier molecular flexibility index (Phi) is 7.28. The number of hydrogen-bond acceptors (Lipinski definition) is 1. The van der Waals surface area contributed by atoms with Crippen LogP contribution in [0.4, 0.5) is 0 Å². The molecule has 0 aliphatic heterocycles. The lowest BCUT2D eigenvalue weighted by molar-refractivity contribution is 0.375. The van der Waals surface area contributed by atoms with Crippen LogP contribution in [0.15, 0.2) is 22.7 Å². The molecule has 0 bridgehead atoms. The molecule has 0 spiro atoms. The van der Waals surface area contributed by atoms with Crippen molar-refractivity contribution in [2.75, 3.05) is 6.54 Å². The van der Waals surface area contributed by atoms with Gasteiger partial charge in [0.2, 0.25) is 0 Å². The SMILES string of the molecule is CCNC(CC(CC)CC)c1ccc(Cl)cc1Br. The fourth-order valence-electron chi connectivity index (χ4n) is 2.31. The summed E-state index contributed by atoms with van der Waals surface area (Å²) in [5.41, 5.74) is 1.31. The molecule has 1 N–H and O–H groups in total. The molecule has 18 heavy (non-hydrogen) atoms. The molecular weight excluding hydrogens is 310 g/mol. The lowest BCUT2D eigenvalue weighted by Gasteiger charge is -2.24. The molecule has 1 aromatic carbocycles. The molecule has 0 fully saturated rings. The summed E-state index contributed by atoms with van der Waals surface area (Å²) < 4.78 is 1.10. The van der Waals surface area contributed by atoms with Crippen molar-refractivity contribution >= 4 is 27.5 Å². The minimum Gasteiger partial charge on any atom is -0.310 e. The molecule has 0 saturated carbocycles. The number of nitrogens with one attached hydrogen (secondary N) is 1. The highest BCUT2D eigenvalue weighted by Gasteiger charge is 2.17. The Bertz CT molecular complexity index is 364. The first kappa shape index (κ1) is 16.0. The minimum atomic E-state index is 0.409. The first-order valence-corrected chi connectivity index (χ1v) is 7.97. The number of halogens is 2. The average Bonchev–Trinajstić information content (AvgIpc) is 2.35. The van der Waals surface area contributed by atoms with E-state index in [0.29, 0.717) is 6.04 Å². The Morgan fingerprint density at radius 2 is 1.89 bits per heavy atom. The van der Waals surface area contributed by atoms with Crippen LogP contribution in [0.25, 0.3) is 0 Å². The Labute approximate surface area is 124 Å². The molecule has 0 radical (unpaired) electrons. The monoisotopic (exact) mass is 331 g/mol. The smallest absolute Gasteiger partial charge is 0.0417 e. The van der Waals surface area contributed by atoms with Gasteiger partial charge in [-0.15, -0.1) is 0 Å². The van der Waals surface area contributed by atoms with E-state index in [2.05, 4.69) is 48.1 Å². The van der Waals surface area contributed by atoms with Crippen LogP contribution in [0.2, 0.25) is 5.02 Å². The summed E-state index contributed by atoms with van der Waals surface area (Å²) in [5.74, 6) is 0.775.